The van der Waals surface area contributed by atoms with Crippen LogP contribution < -0.4 is 0 Å². The van der Waals surface area contributed by atoms with Gasteiger partial charge >= 0.3 is 12.1 Å². The lowest BCUT2D eigenvalue weighted by Gasteiger charge is -2.42. The Morgan fingerprint density at radius 3 is 2.37 bits per heavy atom. The number of carboxylic acid groups (broad SMARTS) is 1. The van der Waals surface area contributed by atoms with Crippen LogP contribution in [0, 0.1) is 0 Å². The standard InChI is InChI=1S/C19H26N2O6/c1-19(2,3)27-18(26)21-10-9-20(15(12-22)17(24)25)16(23)14(21)11-13-7-5-4-6-8-13/h4-8,14-15,22H,9-12H2,1-3H3,(H,24,25)/t14-,15+/m1/s1. The lowest BCUT2D eigenvalue weighted by Crippen LogP contribution is -2.63. The summed E-state index contributed by atoms with van der Waals surface area (Å²) in [6, 6.07) is 6.93. The third kappa shape index (κ3) is 5.19. The van der Waals surface area contributed by atoms with Gasteiger partial charge in [-0.1, -0.05) is 30.3 Å². The molecule has 1 fully saturated rings. The van der Waals surface area contributed by atoms with Gasteiger partial charge in [-0.2, -0.15) is 0 Å². The molecular weight excluding hydrogens is 352 g/mol. The molecule has 1 aliphatic rings. The highest BCUT2D eigenvalue weighted by Crippen LogP contribution is 2.21. The van der Waals surface area contributed by atoms with Gasteiger partial charge in [-0.15, -0.1) is 0 Å². The summed E-state index contributed by atoms with van der Waals surface area (Å²) in [7, 11) is 0. The van der Waals surface area contributed by atoms with Crippen LogP contribution in [0.4, 0.5) is 4.79 Å². The van der Waals surface area contributed by atoms with E-state index in [-0.39, 0.29) is 19.5 Å². The van der Waals surface area contributed by atoms with E-state index in [1.807, 2.05) is 30.3 Å². The maximum absolute atomic E-state index is 13.0. The maximum Gasteiger partial charge on any atom is 0.411 e. The summed E-state index contributed by atoms with van der Waals surface area (Å²) in [4.78, 5) is 39.5. The van der Waals surface area contributed by atoms with Crippen LogP contribution in [0.3, 0.4) is 0 Å². The molecule has 8 nitrogen and oxygen atoms in total. The van der Waals surface area contributed by atoms with Crippen LogP contribution in [0.5, 0.6) is 0 Å². The second kappa shape index (κ2) is 8.39. The quantitative estimate of drug-likeness (QED) is 0.795. The Hall–Kier alpha value is -2.61. The fraction of sp³-hybridized carbons (Fsp3) is 0.526. The van der Waals surface area contributed by atoms with Crippen molar-refractivity contribution in [2.45, 2.75) is 44.9 Å². The molecule has 2 atom stereocenters. The first kappa shape index (κ1) is 20.7. The SMILES string of the molecule is CC(C)(C)OC(=O)N1CCN([C@@H](CO)C(=O)O)C(=O)[C@H]1Cc1ccccc1. The average molecular weight is 378 g/mol. The number of carboxylic acids is 1. The molecule has 0 spiro atoms. The van der Waals surface area contributed by atoms with E-state index < -0.39 is 42.3 Å². The normalized spacial score (nSPS) is 19.0. The molecule has 27 heavy (non-hydrogen) atoms. The third-order valence-electron chi connectivity index (χ3n) is 4.26. The zero-order valence-corrected chi connectivity index (χ0v) is 15.8. The Labute approximate surface area is 158 Å². The van der Waals surface area contributed by atoms with Gasteiger partial charge in [0.1, 0.15) is 11.6 Å². The molecule has 0 bridgehead atoms. The molecule has 2 amide bonds. The van der Waals surface area contributed by atoms with Gasteiger partial charge in [-0.3, -0.25) is 9.69 Å². The highest BCUT2D eigenvalue weighted by molar-refractivity contribution is 5.90. The van der Waals surface area contributed by atoms with Crippen molar-refractivity contribution in [1.29, 1.82) is 0 Å². The first-order chi connectivity index (χ1) is 12.6. The van der Waals surface area contributed by atoms with Gasteiger partial charge in [-0.05, 0) is 26.3 Å². The topological polar surface area (TPSA) is 107 Å². The molecule has 0 saturated carbocycles. The molecule has 8 heteroatoms. The fourth-order valence-electron chi connectivity index (χ4n) is 3.00. The third-order valence-corrected chi connectivity index (χ3v) is 4.26. The van der Waals surface area contributed by atoms with E-state index >= 15 is 0 Å². The predicted octanol–water partition coefficient (Wildman–Crippen LogP) is 1.12. The zero-order chi connectivity index (χ0) is 20.2. The number of aliphatic carboxylic acids is 1. The van der Waals surface area contributed by atoms with Crippen LogP contribution in [-0.2, 0) is 20.7 Å². The molecule has 148 valence electrons. The minimum Gasteiger partial charge on any atom is -0.480 e. The molecule has 1 aromatic rings. The van der Waals surface area contributed by atoms with Gasteiger partial charge in [0, 0.05) is 19.5 Å². The van der Waals surface area contributed by atoms with E-state index in [4.69, 9.17) is 4.74 Å². The Morgan fingerprint density at radius 1 is 1.22 bits per heavy atom. The van der Waals surface area contributed by atoms with E-state index in [1.54, 1.807) is 20.8 Å². The van der Waals surface area contributed by atoms with Gasteiger partial charge in [0.15, 0.2) is 6.04 Å². The van der Waals surface area contributed by atoms with Gasteiger partial charge in [0.25, 0.3) is 0 Å². The Kier molecular flexibility index (Phi) is 6.43. The van der Waals surface area contributed by atoms with Crippen molar-refractivity contribution in [1.82, 2.24) is 9.80 Å². The second-order valence-corrected chi connectivity index (χ2v) is 7.45. The maximum atomic E-state index is 13.0. The molecule has 0 radical (unpaired) electrons. The van der Waals surface area contributed by atoms with Crippen LogP contribution in [0.1, 0.15) is 26.3 Å². The zero-order valence-electron chi connectivity index (χ0n) is 15.8. The highest BCUT2D eigenvalue weighted by Gasteiger charge is 2.43. The Bertz CT molecular complexity index is 685. The number of hydrogen-bond donors (Lipinski definition) is 2. The largest absolute Gasteiger partial charge is 0.480 e. The number of aliphatic hydroxyl groups is 1. The summed E-state index contributed by atoms with van der Waals surface area (Å²) in [6.07, 6.45) is -0.389. The number of carbonyl (C=O) groups excluding carboxylic acids is 2. The smallest absolute Gasteiger partial charge is 0.411 e. The molecule has 0 aromatic heterocycles. The van der Waals surface area contributed by atoms with Crippen LogP contribution in [0.25, 0.3) is 0 Å². The first-order valence-corrected chi connectivity index (χ1v) is 8.81. The summed E-state index contributed by atoms with van der Waals surface area (Å²) in [6.45, 7) is 4.67. The van der Waals surface area contributed by atoms with Gasteiger partial charge in [-0.25, -0.2) is 9.59 Å². The number of benzene rings is 1. The molecule has 1 saturated heterocycles. The second-order valence-electron chi connectivity index (χ2n) is 7.45. The van der Waals surface area contributed by atoms with Gasteiger partial charge in [0.05, 0.1) is 6.61 Å². The van der Waals surface area contributed by atoms with Crippen molar-refractivity contribution in [3.63, 3.8) is 0 Å². The van der Waals surface area contributed by atoms with Crippen molar-refractivity contribution in [3.05, 3.63) is 35.9 Å². The number of ether oxygens (including phenoxy) is 1. The molecule has 2 rings (SSSR count). The van der Waals surface area contributed by atoms with Crippen molar-refractivity contribution >= 4 is 18.0 Å². The molecular formula is C19H26N2O6. The van der Waals surface area contributed by atoms with E-state index in [0.717, 1.165) is 10.5 Å². The molecule has 1 aliphatic heterocycles. The van der Waals surface area contributed by atoms with E-state index in [1.165, 1.54) is 4.90 Å². The fourth-order valence-corrected chi connectivity index (χ4v) is 3.00. The van der Waals surface area contributed by atoms with Crippen LogP contribution in [0.2, 0.25) is 0 Å². The van der Waals surface area contributed by atoms with Crippen LogP contribution in [-0.4, -0.2) is 75.4 Å². The summed E-state index contributed by atoms with van der Waals surface area (Å²) in [5, 5.41) is 18.7. The molecule has 2 N–H and O–H groups in total. The van der Waals surface area contributed by atoms with Crippen molar-refractivity contribution in [2.24, 2.45) is 0 Å². The minimum absolute atomic E-state index is 0.0148. The van der Waals surface area contributed by atoms with Crippen LogP contribution >= 0.6 is 0 Å². The number of nitrogens with zero attached hydrogens (tertiary/aromatic N) is 2. The molecule has 0 aliphatic carbocycles. The van der Waals surface area contributed by atoms with E-state index in [0.29, 0.717) is 0 Å². The molecule has 0 unspecified atom stereocenters. The number of carbonyl (C=O) groups is 3. The van der Waals surface area contributed by atoms with Gasteiger partial charge in [0.2, 0.25) is 5.91 Å². The van der Waals surface area contributed by atoms with Crippen molar-refractivity contribution < 1.29 is 29.3 Å². The Morgan fingerprint density at radius 2 is 1.85 bits per heavy atom. The average Bonchev–Trinajstić information content (AvgIpc) is 2.57. The number of amides is 2. The predicted molar refractivity (Wildman–Crippen MR) is 97.1 cm³/mol. The number of piperazine rings is 1. The highest BCUT2D eigenvalue weighted by atomic mass is 16.6. The summed E-state index contributed by atoms with van der Waals surface area (Å²) < 4.78 is 5.41. The summed E-state index contributed by atoms with van der Waals surface area (Å²) in [5.41, 5.74) is 0.116. The van der Waals surface area contributed by atoms with Gasteiger partial charge < -0.3 is 19.8 Å². The van der Waals surface area contributed by atoms with Crippen molar-refractivity contribution in [3.8, 4) is 0 Å². The monoisotopic (exact) mass is 378 g/mol. The number of rotatable bonds is 5. The number of aliphatic hydroxyl groups excluding tert-OH is 1. The minimum atomic E-state index is -1.34. The molecule has 1 heterocycles. The van der Waals surface area contributed by atoms with Crippen molar-refractivity contribution in [2.75, 3.05) is 19.7 Å². The lowest BCUT2D eigenvalue weighted by molar-refractivity contribution is -0.157. The number of hydrogen-bond acceptors (Lipinski definition) is 5. The first-order valence-electron chi connectivity index (χ1n) is 8.81. The van der Waals surface area contributed by atoms with E-state index in [9.17, 15) is 24.6 Å². The molecule has 1 aromatic carbocycles. The van der Waals surface area contributed by atoms with Crippen LogP contribution in [0.15, 0.2) is 30.3 Å². The Balaban J connectivity index is 2.30. The summed E-state index contributed by atoms with van der Waals surface area (Å²) >= 11 is 0. The lowest BCUT2D eigenvalue weighted by atomic mass is 10.0. The van der Waals surface area contributed by atoms with E-state index in [2.05, 4.69) is 0 Å². The summed E-state index contributed by atoms with van der Waals surface area (Å²) in [5.74, 6) is -1.80.